The van der Waals surface area contributed by atoms with E-state index < -0.39 is 0 Å². The van der Waals surface area contributed by atoms with Crippen molar-refractivity contribution in [1.29, 1.82) is 0 Å². The van der Waals surface area contributed by atoms with Gasteiger partial charge in [-0.25, -0.2) is 0 Å². The predicted octanol–water partition coefficient (Wildman–Crippen LogP) is 3.75. The largest absolute Gasteiger partial charge is 0.492 e. The minimum absolute atomic E-state index is 0.649. The molecular formula is C17H19ClN2O. The molecule has 4 heteroatoms. The number of nitrogens with zero attached hydrogens (tertiary/aromatic N) is 1. The van der Waals surface area contributed by atoms with E-state index in [4.69, 9.17) is 22.1 Å². The SMILES string of the molecule is Nc1cccc2c1CCCN2CCOc1ccc(Cl)cc1. The summed E-state index contributed by atoms with van der Waals surface area (Å²) >= 11 is 5.86. The van der Waals surface area contributed by atoms with Crippen molar-refractivity contribution >= 4 is 23.0 Å². The lowest BCUT2D eigenvalue weighted by Gasteiger charge is -2.31. The van der Waals surface area contributed by atoms with Gasteiger partial charge in [-0.2, -0.15) is 0 Å². The van der Waals surface area contributed by atoms with E-state index in [2.05, 4.69) is 11.0 Å². The van der Waals surface area contributed by atoms with E-state index in [1.54, 1.807) is 0 Å². The van der Waals surface area contributed by atoms with Gasteiger partial charge in [0.1, 0.15) is 12.4 Å². The average Bonchev–Trinajstić information content (AvgIpc) is 2.50. The van der Waals surface area contributed by atoms with E-state index in [-0.39, 0.29) is 0 Å². The molecule has 1 heterocycles. The van der Waals surface area contributed by atoms with Crippen molar-refractivity contribution in [2.75, 3.05) is 30.3 Å². The van der Waals surface area contributed by atoms with Crippen LogP contribution in [-0.2, 0) is 6.42 Å². The summed E-state index contributed by atoms with van der Waals surface area (Å²) in [6.07, 6.45) is 2.21. The maximum atomic E-state index is 6.07. The maximum absolute atomic E-state index is 6.07. The summed E-state index contributed by atoms with van der Waals surface area (Å²) in [6, 6.07) is 13.6. The molecule has 21 heavy (non-hydrogen) atoms. The maximum Gasteiger partial charge on any atom is 0.119 e. The Bertz CT molecular complexity index is 613. The third kappa shape index (κ3) is 3.24. The van der Waals surface area contributed by atoms with Gasteiger partial charge in [-0.3, -0.25) is 0 Å². The highest BCUT2D eigenvalue weighted by atomic mass is 35.5. The molecule has 0 spiro atoms. The van der Waals surface area contributed by atoms with Gasteiger partial charge < -0.3 is 15.4 Å². The van der Waals surface area contributed by atoms with Crippen LogP contribution < -0.4 is 15.4 Å². The fraction of sp³-hybridized carbons (Fsp3) is 0.294. The van der Waals surface area contributed by atoms with Crippen LogP contribution in [0.25, 0.3) is 0 Å². The number of benzene rings is 2. The minimum Gasteiger partial charge on any atom is -0.492 e. The third-order valence-electron chi connectivity index (χ3n) is 3.83. The first-order valence-corrected chi connectivity index (χ1v) is 7.62. The summed E-state index contributed by atoms with van der Waals surface area (Å²) in [4.78, 5) is 2.35. The zero-order valence-corrected chi connectivity index (χ0v) is 12.6. The predicted molar refractivity (Wildman–Crippen MR) is 88.3 cm³/mol. The van der Waals surface area contributed by atoms with E-state index in [9.17, 15) is 0 Å². The first kappa shape index (κ1) is 14.1. The van der Waals surface area contributed by atoms with Crippen LogP contribution in [0.3, 0.4) is 0 Å². The van der Waals surface area contributed by atoms with Gasteiger partial charge in [0.2, 0.25) is 0 Å². The first-order valence-electron chi connectivity index (χ1n) is 7.25. The molecule has 2 aromatic rings. The van der Waals surface area contributed by atoms with Crippen molar-refractivity contribution < 1.29 is 4.74 Å². The second-order valence-electron chi connectivity index (χ2n) is 5.24. The highest BCUT2D eigenvalue weighted by Crippen LogP contribution is 2.30. The molecule has 0 amide bonds. The van der Waals surface area contributed by atoms with Crippen molar-refractivity contribution in [3.05, 3.63) is 53.1 Å². The van der Waals surface area contributed by atoms with Gasteiger partial charge in [0, 0.05) is 22.9 Å². The lowest BCUT2D eigenvalue weighted by molar-refractivity contribution is 0.322. The lowest BCUT2D eigenvalue weighted by atomic mass is 10.00. The van der Waals surface area contributed by atoms with Gasteiger partial charge >= 0.3 is 0 Å². The van der Waals surface area contributed by atoms with E-state index in [0.717, 1.165) is 42.4 Å². The number of hydrogen-bond acceptors (Lipinski definition) is 3. The molecular weight excluding hydrogens is 284 g/mol. The second-order valence-corrected chi connectivity index (χ2v) is 5.67. The molecule has 0 aliphatic carbocycles. The van der Waals surface area contributed by atoms with Gasteiger partial charge in [0.05, 0.1) is 6.54 Å². The van der Waals surface area contributed by atoms with Gasteiger partial charge in [-0.15, -0.1) is 0 Å². The van der Waals surface area contributed by atoms with Crippen molar-refractivity contribution in [2.45, 2.75) is 12.8 Å². The van der Waals surface area contributed by atoms with Crippen LogP contribution in [0.2, 0.25) is 5.02 Å². The number of halogens is 1. The molecule has 0 aromatic heterocycles. The van der Waals surface area contributed by atoms with Crippen LogP contribution in [0.5, 0.6) is 5.75 Å². The summed E-state index contributed by atoms with van der Waals surface area (Å²) in [7, 11) is 0. The molecule has 0 saturated carbocycles. The van der Waals surface area contributed by atoms with E-state index in [1.807, 2.05) is 36.4 Å². The molecule has 0 radical (unpaired) electrons. The molecule has 1 aliphatic rings. The Labute approximate surface area is 130 Å². The average molecular weight is 303 g/mol. The van der Waals surface area contributed by atoms with Crippen molar-refractivity contribution in [3.8, 4) is 5.75 Å². The molecule has 0 bridgehead atoms. The standard InChI is InChI=1S/C17H19ClN2O/c18-13-6-8-14(9-7-13)21-12-11-20-10-2-3-15-16(19)4-1-5-17(15)20/h1,4-9H,2-3,10-12,19H2. The van der Waals surface area contributed by atoms with E-state index >= 15 is 0 Å². The molecule has 0 unspecified atom stereocenters. The Kier molecular flexibility index (Phi) is 4.20. The Morgan fingerprint density at radius 3 is 2.76 bits per heavy atom. The summed E-state index contributed by atoms with van der Waals surface area (Å²) < 4.78 is 5.78. The van der Waals surface area contributed by atoms with Crippen molar-refractivity contribution in [3.63, 3.8) is 0 Å². The number of ether oxygens (including phenoxy) is 1. The summed E-state index contributed by atoms with van der Waals surface area (Å²) in [6.45, 7) is 2.56. The van der Waals surface area contributed by atoms with Crippen LogP contribution in [-0.4, -0.2) is 19.7 Å². The molecule has 0 fully saturated rings. The third-order valence-corrected chi connectivity index (χ3v) is 4.08. The normalized spacial score (nSPS) is 13.9. The van der Waals surface area contributed by atoms with Crippen LogP contribution >= 0.6 is 11.6 Å². The molecule has 0 saturated heterocycles. The van der Waals surface area contributed by atoms with Gasteiger partial charge in [0.15, 0.2) is 0 Å². The van der Waals surface area contributed by atoms with E-state index in [0.29, 0.717) is 6.61 Å². The Morgan fingerprint density at radius 1 is 1.14 bits per heavy atom. The first-order chi connectivity index (χ1) is 10.2. The molecule has 0 atom stereocenters. The molecule has 2 N–H and O–H groups in total. The molecule has 1 aliphatic heterocycles. The Hall–Kier alpha value is -1.87. The summed E-state index contributed by atoms with van der Waals surface area (Å²) in [5.41, 5.74) is 9.49. The number of fused-ring (bicyclic) bond motifs is 1. The van der Waals surface area contributed by atoms with Crippen LogP contribution in [0, 0.1) is 0 Å². The van der Waals surface area contributed by atoms with Crippen LogP contribution in [0.1, 0.15) is 12.0 Å². The van der Waals surface area contributed by atoms with Crippen molar-refractivity contribution in [1.82, 2.24) is 0 Å². The Morgan fingerprint density at radius 2 is 1.95 bits per heavy atom. The Balaban J connectivity index is 1.62. The highest BCUT2D eigenvalue weighted by Gasteiger charge is 2.18. The number of nitrogens with two attached hydrogens (primary N) is 1. The monoisotopic (exact) mass is 302 g/mol. The van der Waals surface area contributed by atoms with Crippen molar-refractivity contribution in [2.24, 2.45) is 0 Å². The fourth-order valence-corrected chi connectivity index (χ4v) is 2.89. The number of hydrogen-bond donors (Lipinski definition) is 1. The molecule has 110 valence electrons. The van der Waals surface area contributed by atoms with Gasteiger partial charge in [-0.05, 0) is 54.8 Å². The number of anilines is 2. The summed E-state index contributed by atoms with van der Waals surface area (Å²) in [5, 5.41) is 0.725. The quantitative estimate of drug-likeness (QED) is 0.874. The number of rotatable bonds is 4. The topological polar surface area (TPSA) is 38.5 Å². The highest BCUT2D eigenvalue weighted by molar-refractivity contribution is 6.30. The zero-order chi connectivity index (χ0) is 14.7. The van der Waals surface area contributed by atoms with Gasteiger partial charge in [0.25, 0.3) is 0 Å². The molecule has 3 rings (SSSR count). The van der Waals surface area contributed by atoms with Crippen LogP contribution in [0.4, 0.5) is 11.4 Å². The number of nitrogen functional groups attached to an aromatic ring is 1. The lowest BCUT2D eigenvalue weighted by Crippen LogP contribution is -2.33. The van der Waals surface area contributed by atoms with Gasteiger partial charge in [-0.1, -0.05) is 17.7 Å². The van der Waals surface area contributed by atoms with E-state index in [1.165, 1.54) is 11.3 Å². The van der Waals surface area contributed by atoms with Crippen LogP contribution in [0.15, 0.2) is 42.5 Å². The zero-order valence-electron chi connectivity index (χ0n) is 11.9. The summed E-state index contributed by atoms with van der Waals surface area (Å²) in [5.74, 6) is 0.851. The fourth-order valence-electron chi connectivity index (χ4n) is 2.76. The molecule has 3 nitrogen and oxygen atoms in total. The minimum atomic E-state index is 0.649. The molecule has 2 aromatic carbocycles. The smallest absolute Gasteiger partial charge is 0.119 e. The second kappa shape index (κ2) is 6.27.